The fourth-order valence-electron chi connectivity index (χ4n) is 3.40. The first kappa shape index (κ1) is 58.2. The first-order chi connectivity index (χ1) is 23.2. The number of hydrogen-bond donors (Lipinski definition) is 1. The van der Waals surface area contributed by atoms with Crippen LogP contribution in [0.15, 0.2) is 60.7 Å². The molecule has 4 rings (SSSR count). The van der Waals surface area contributed by atoms with Crippen LogP contribution in [0.25, 0.3) is 0 Å². The van der Waals surface area contributed by atoms with Crippen LogP contribution in [-0.4, -0.2) is 36.7 Å². The minimum absolute atomic E-state index is 0. The summed E-state index contributed by atoms with van der Waals surface area (Å²) in [5.74, 6) is 1.22. The van der Waals surface area contributed by atoms with Crippen molar-refractivity contribution in [1.82, 2.24) is 0 Å². The predicted octanol–water partition coefficient (Wildman–Crippen LogP) is 4.56. The molecule has 0 amide bonds. The molecule has 0 spiro atoms. The smallest absolute Gasteiger partial charge is 1.00 e. The quantitative estimate of drug-likeness (QED) is 0.0344. The maximum atomic E-state index is 13.2. The SMILES string of the molecule is C.Cc1cc(F)cc(I)c1O.Cc1cc(F)cc(I)c1OCCCOc1ccc(F)cc1I.Fc1ccc(OCCCBr)c(I)c1.O=CO[O-].[H-].[K+].[K+]. The molecule has 278 valence electrons. The largest absolute Gasteiger partial charge is 1.00 e. The number of benzene rings is 4. The Morgan fingerprint density at radius 3 is 1.50 bits per heavy atom. The summed E-state index contributed by atoms with van der Waals surface area (Å²) in [6.45, 7) is 4.91. The van der Waals surface area contributed by atoms with Crippen molar-refractivity contribution in [2.75, 3.05) is 25.2 Å². The van der Waals surface area contributed by atoms with Crippen molar-refractivity contribution in [3.05, 3.63) is 109 Å². The first-order valence-corrected chi connectivity index (χ1v) is 19.3. The molecule has 7 nitrogen and oxygen atoms in total. The summed E-state index contributed by atoms with van der Waals surface area (Å²) in [6.07, 6.45) is 1.63. The summed E-state index contributed by atoms with van der Waals surface area (Å²) in [7, 11) is 0. The minimum atomic E-state index is -0.306. The topological polar surface area (TPSA) is 97.3 Å². The van der Waals surface area contributed by atoms with Gasteiger partial charge in [0.05, 0.1) is 34.1 Å². The van der Waals surface area contributed by atoms with E-state index in [-0.39, 0.29) is 147 Å². The van der Waals surface area contributed by atoms with Crippen molar-refractivity contribution in [2.24, 2.45) is 0 Å². The van der Waals surface area contributed by atoms with Gasteiger partial charge in [0.15, 0.2) is 0 Å². The van der Waals surface area contributed by atoms with Crippen LogP contribution >= 0.6 is 106 Å². The van der Waals surface area contributed by atoms with Gasteiger partial charge in [-0.2, -0.15) is 0 Å². The number of rotatable bonds is 11. The van der Waals surface area contributed by atoms with E-state index in [2.05, 4.69) is 66.0 Å². The molecule has 4 aromatic carbocycles. The minimum Gasteiger partial charge on any atom is -1.00 e. The van der Waals surface area contributed by atoms with E-state index in [0.29, 0.717) is 46.9 Å². The summed E-state index contributed by atoms with van der Waals surface area (Å²) >= 11 is 11.3. The molecule has 0 bridgehead atoms. The van der Waals surface area contributed by atoms with E-state index >= 15 is 0 Å². The van der Waals surface area contributed by atoms with Crippen molar-refractivity contribution in [3.8, 4) is 23.0 Å². The van der Waals surface area contributed by atoms with Crippen LogP contribution in [0.4, 0.5) is 17.6 Å². The van der Waals surface area contributed by atoms with Crippen LogP contribution in [0.2, 0.25) is 0 Å². The van der Waals surface area contributed by atoms with Crippen LogP contribution in [0, 0.1) is 51.4 Å². The van der Waals surface area contributed by atoms with E-state index < -0.39 is 0 Å². The molecule has 0 saturated carbocycles. The van der Waals surface area contributed by atoms with Gasteiger partial charge in [-0.15, -0.1) is 0 Å². The molecule has 0 atom stereocenters. The number of hydrogen-bond acceptors (Lipinski definition) is 7. The molecule has 0 aliphatic rings. The van der Waals surface area contributed by atoms with E-state index in [0.717, 1.165) is 33.8 Å². The zero-order chi connectivity index (χ0) is 36.9. The Hall–Kier alpha value is 1.90. The molecule has 18 heteroatoms. The van der Waals surface area contributed by atoms with Crippen molar-refractivity contribution >= 4 is 113 Å². The standard InChI is InChI=1S/C16H14F2I2O2.C9H9BrFIO.C7H6FIO.CH2O3.CH4.2K.H/c1-10-7-12(18)9-14(20)16(10)22-6-2-5-21-15-4-3-11(17)8-13(15)19;10-4-1-5-13-9-3-2-7(11)6-8(9)12;1-4-2-5(8)3-6(9)7(4)10;2-1-4-3;;;;/h3-4,7-9H,2,5-6H2,1H3;2-3,6H,1,4-5H2;2-3,10H,1H3;1,3H;1H4;;;/q;;;;;2*+1;-1/p-1. The zero-order valence-electron chi connectivity index (χ0n) is 28.9. The molecule has 1 N–H and O–H groups in total. The van der Waals surface area contributed by atoms with Gasteiger partial charge >= 0.3 is 103 Å². The molecule has 0 aliphatic carbocycles. The Morgan fingerprint density at radius 1 is 0.692 bits per heavy atom. The average molecular weight is 1300 g/mol. The number of aryl methyl sites for hydroxylation is 2. The number of phenolic OH excluding ortho intramolecular Hbond substituents is 1. The summed E-state index contributed by atoms with van der Waals surface area (Å²) in [6, 6.07) is 14.4. The van der Waals surface area contributed by atoms with Crippen molar-refractivity contribution < 1.29 is 156 Å². The number of alkyl halides is 1. The van der Waals surface area contributed by atoms with Crippen molar-refractivity contribution in [3.63, 3.8) is 0 Å². The summed E-state index contributed by atoms with van der Waals surface area (Å²) in [5, 5.41) is 18.5. The Morgan fingerprint density at radius 2 is 1.10 bits per heavy atom. The van der Waals surface area contributed by atoms with Gasteiger partial charge in [-0.1, -0.05) is 23.4 Å². The third kappa shape index (κ3) is 24.6. The van der Waals surface area contributed by atoms with Crippen LogP contribution < -0.4 is 122 Å². The maximum Gasteiger partial charge on any atom is 1.00 e. The van der Waals surface area contributed by atoms with Crippen molar-refractivity contribution in [1.29, 1.82) is 0 Å². The second-order valence-corrected chi connectivity index (χ2v) is 14.8. The molecule has 0 aromatic heterocycles. The van der Waals surface area contributed by atoms with Gasteiger partial charge in [-0.3, -0.25) is 4.79 Å². The third-order valence-electron chi connectivity index (χ3n) is 5.57. The van der Waals surface area contributed by atoms with Crippen LogP contribution in [0.5, 0.6) is 23.0 Å². The summed E-state index contributed by atoms with van der Waals surface area (Å²) < 4.78 is 70.9. The van der Waals surface area contributed by atoms with Gasteiger partial charge in [-0.25, -0.2) is 17.6 Å². The molecular formula is C34H35BrF4I4K2O7. The number of aromatic hydroxyl groups is 1. The molecule has 0 saturated heterocycles. The molecule has 0 unspecified atom stereocenters. The average Bonchev–Trinajstić information content (AvgIpc) is 3.03. The summed E-state index contributed by atoms with van der Waals surface area (Å²) in [4.78, 5) is 11.2. The molecular weight excluding hydrogens is 1260 g/mol. The van der Waals surface area contributed by atoms with Crippen LogP contribution in [0.1, 0.15) is 32.8 Å². The van der Waals surface area contributed by atoms with E-state index in [4.69, 9.17) is 29.4 Å². The Balaban J connectivity index is -0.000000333. The maximum absolute atomic E-state index is 13.2. The number of carbonyl (C=O) groups excluding carboxylic acids is 1. The number of phenols is 1. The number of carbonyl (C=O) groups is 1. The zero-order valence-corrected chi connectivity index (χ0v) is 44.4. The monoisotopic (exact) mass is 1300 g/mol. The predicted molar refractivity (Wildman–Crippen MR) is 222 cm³/mol. The van der Waals surface area contributed by atoms with Gasteiger partial charge < -0.3 is 30.9 Å². The summed E-state index contributed by atoms with van der Waals surface area (Å²) in [5.41, 5.74) is 1.35. The normalized spacial score (nSPS) is 9.31. The fraction of sp³-hybridized carbons (Fsp3) is 0.265. The van der Waals surface area contributed by atoms with Gasteiger partial charge in [0.1, 0.15) is 46.3 Å². The molecule has 0 heterocycles. The fourth-order valence-corrected chi connectivity index (χ4v) is 6.50. The molecule has 4 aromatic rings. The Kier molecular flexibility index (Phi) is 37.9. The molecule has 0 radical (unpaired) electrons. The van der Waals surface area contributed by atoms with Gasteiger partial charge in [0.2, 0.25) is 0 Å². The van der Waals surface area contributed by atoms with Gasteiger partial charge in [0.25, 0.3) is 6.47 Å². The number of ether oxygens (including phenoxy) is 3. The van der Waals surface area contributed by atoms with Crippen molar-refractivity contribution in [2.45, 2.75) is 34.1 Å². The molecule has 0 aliphatic heterocycles. The van der Waals surface area contributed by atoms with E-state index in [1.165, 1.54) is 48.5 Å². The van der Waals surface area contributed by atoms with Gasteiger partial charge in [0, 0.05) is 11.8 Å². The Bertz CT molecular complexity index is 1590. The van der Waals surface area contributed by atoms with E-state index in [1.807, 2.05) is 52.1 Å². The number of halogens is 9. The van der Waals surface area contributed by atoms with Crippen LogP contribution in [-0.2, 0) is 9.68 Å². The third-order valence-corrected chi connectivity index (χ3v) is 9.44. The van der Waals surface area contributed by atoms with Crippen LogP contribution in [0.3, 0.4) is 0 Å². The second kappa shape index (κ2) is 33.8. The first-order valence-electron chi connectivity index (χ1n) is 13.9. The molecule has 52 heavy (non-hydrogen) atoms. The molecule has 0 fully saturated rings. The van der Waals surface area contributed by atoms with E-state index in [9.17, 15) is 17.6 Å². The van der Waals surface area contributed by atoms with E-state index in [1.54, 1.807) is 19.1 Å². The second-order valence-electron chi connectivity index (χ2n) is 9.37. The van der Waals surface area contributed by atoms with Gasteiger partial charge in [-0.05, 0) is 182 Å². The Labute approximate surface area is 451 Å².